The van der Waals surface area contributed by atoms with Gasteiger partial charge in [-0.3, -0.25) is 0 Å². The average molecular weight is 232 g/mol. The number of carboxylic acids is 1. The van der Waals surface area contributed by atoms with Crippen LogP contribution < -0.4 is 5.32 Å². The minimum Gasteiger partial charge on any atom is -0.480 e. The van der Waals surface area contributed by atoms with Crippen molar-refractivity contribution in [1.29, 1.82) is 0 Å². The number of carboxylic acid groups (broad SMARTS) is 1. The van der Waals surface area contributed by atoms with E-state index in [0.29, 0.717) is 6.42 Å². The van der Waals surface area contributed by atoms with E-state index < -0.39 is 17.8 Å². The summed E-state index contributed by atoms with van der Waals surface area (Å²) >= 11 is 5.57. The lowest BCUT2D eigenvalue weighted by molar-refractivity contribution is -0.137. The molecule has 3 nitrogen and oxygen atoms in total. The summed E-state index contributed by atoms with van der Waals surface area (Å²) in [5.74, 6) is -1.56. The minimum absolute atomic E-state index is 0.147. The molecule has 0 saturated heterocycles. The molecule has 0 aliphatic carbocycles. The highest BCUT2D eigenvalue weighted by atomic mass is 35.5. The van der Waals surface area contributed by atoms with Crippen LogP contribution in [0.4, 0.5) is 10.1 Å². The Kier molecular flexibility index (Phi) is 3.91. The molecule has 5 heteroatoms. The largest absolute Gasteiger partial charge is 0.480 e. The number of carbonyl (C=O) groups is 1. The quantitative estimate of drug-likeness (QED) is 0.838. The van der Waals surface area contributed by atoms with Crippen molar-refractivity contribution in [3.8, 4) is 0 Å². The van der Waals surface area contributed by atoms with Crippen LogP contribution in [0.3, 0.4) is 0 Å². The first kappa shape index (κ1) is 11.8. The highest BCUT2D eigenvalue weighted by Crippen LogP contribution is 2.20. The Labute approximate surface area is 91.9 Å². The van der Waals surface area contributed by atoms with E-state index >= 15 is 0 Å². The lowest BCUT2D eigenvalue weighted by atomic mass is 10.2. The fourth-order valence-corrected chi connectivity index (χ4v) is 1.29. The molecule has 82 valence electrons. The molecule has 15 heavy (non-hydrogen) atoms. The predicted molar refractivity (Wildman–Crippen MR) is 56.7 cm³/mol. The molecule has 1 rings (SSSR count). The zero-order valence-electron chi connectivity index (χ0n) is 8.13. The lowest BCUT2D eigenvalue weighted by Gasteiger charge is -2.14. The van der Waals surface area contributed by atoms with Crippen LogP contribution in [0.1, 0.15) is 13.3 Å². The Balaban J connectivity index is 2.84. The summed E-state index contributed by atoms with van der Waals surface area (Å²) in [5.41, 5.74) is 0.147. The standard InChI is InChI=1S/C10H11ClFNO2/c1-2-8(10(14)15)13-9-4-3-6(11)5-7(9)12/h3-5,8,13H,2H2,1H3,(H,14,15). The summed E-state index contributed by atoms with van der Waals surface area (Å²) < 4.78 is 13.3. The van der Waals surface area contributed by atoms with Crippen molar-refractivity contribution in [1.82, 2.24) is 0 Å². The third-order valence-corrected chi connectivity index (χ3v) is 2.20. The molecule has 1 aromatic carbocycles. The number of hydrogen-bond donors (Lipinski definition) is 2. The second-order valence-corrected chi connectivity index (χ2v) is 3.50. The normalized spacial score (nSPS) is 12.2. The van der Waals surface area contributed by atoms with Crippen LogP contribution >= 0.6 is 11.6 Å². The smallest absolute Gasteiger partial charge is 0.326 e. The van der Waals surface area contributed by atoms with E-state index in [1.54, 1.807) is 6.92 Å². The summed E-state index contributed by atoms with van der Waals surface area (Å²) in [4.78, 5) is 10.7. The van der Waals surface area contributed by atoms with Gasteiger partial charge in [0.15, 0.2) is 0 Å². The Morgan fingerprint density at radius 1 is 1.67 bits per heavy atom. The highest BCUT2D eigenvalue weighted by molar-refractivity contribution is 6.30. The summed E-state index contributed by atoms with van der Waals surface area (Å²) in [7, 11) is 0. The van der Waals surface area contributed by atoms with Crippen LogP contribution in [0.2, 0.25) is 5.02 Å². The molecule has 0 saturated carbocycles. The Morgan fingerprint density at radius 3 is 2.80 bits per heavy atom. The van der Waals surface area contributed by atoms with E-state index in [0.717, 1.165) is 6.07 Å². The molecule has 0 spiro atoms. The van der Waals surface area contributed by atoms with Crippen molar-refractivity contribution in [2.75, 3.05) is 5.32 Å². The Hall–Kier alpha value is -1.29. The highest BCUT2D eigenvalue weighted by Gasteiger charge is 2.16. The van der Waals surface area contributed by atoms with Crippen LogP contribution in [0.5, 0.6) is 0 Å². The second kappa shape index (κ2) is 4.98. The van der Waals surface area contributed by atoms with Crippen molar-refractivity contribution in [2.45, 2.75) is 19.4 Å². The molecular formula is C10H11ClFNO2. The molecular weight excluding hydrogens is 221 g/mol. The van der Waals surface area contributed by atoms with E-state index in [-0.39, 0.29) is 10.7 Å². The summed E-state index contributed by atoms with van der Waals surface area (Å²) in [6.45, 7) is 1.71. The maximum absolute atomic E-state index is 13.3. The fraction of sp³-hybridized carbons (Fsp3) is 0.300. The molecule has 2 N–H and O–H groups in total. The molecule has 1 unspecified atom stereocenters. The maximum atomic E-state index is 13.3. The molecule has 0 aromatic heterocycles. The molecule has 0 amide bonds. The molecule has 0 aliphatic heterocycles. The van der Waals surface area contributed by atoms with Gasteiger partial charge >= 0.3 is 5.97 Å². The number of rotatable bonds is 4. The maximum Gasteiger partial charge on any atom is 0.326 e. The molecule has 0 fully saturated rings. The molecule has 1 aromatic rings. The van der Waals surface area contributed by atoms with E-state index in [4.69, 9.17) is 16.7 Å². The van der Waals surface area contributed by atoms with Crippen molar-refractivity contribution in [2.24, 2.45) is 0 Å². The molecule has 0 bridgehead atoms. The monoisotopic (exact) mass is 231 g/mol. The third kappa shape index (κ3) is 3.09. The van der Waals surface area contributed by atoms with E-state index in [9.17, 15) is 9.18 Å². The van der Waals surface area contributed by atoms with E-state index in [2.05, 4.69) is 5.32 Å². The Bertz CT molecular complexity index is 370. The number of nitrogens with one attached hydrogen (secondary N) is 1. The Morgan fingerprint density at radius 2 is 2.33 bits per heavy atom. The van der Waals surface area contributed by atoms with Crippen molar-refractivity contribution in [3.63, 3.8) is 0 Å². The first-order chi connectivity index (χ1) is 7.04. The van der Waals surface area contributed by atoms with Gasteiger partial charge < -0.3 is 10.4 Å². The van der Waals surface area contributed by atoms with Gasteiger partial charge in [0.2, 0.25) is 0 Å². The predicted octanol–water partition coefficient (Wildman–Crippen LogP) is 2.75. The van der Waals surface area contributed by atoms with Crippen LogP contribution in [-0.4, -0.2) is 17.1 Å². The van der Waals surface area contributed by atoms with Gasteiger partial charge in [0.05, 0.1) is 5.69 Å². The van der Waals surface area contributed by atoms with Crippen molar-refractivity contribution >= 4 is 23.3 Å². The SMILES string of the molecule is CCC(Nc1ccc(Cl)cc1F)C(=O)O. The summed E-state index contributed by atoms with van der Waals surface area (Å²) in [6.07, 6.45) is 0.372. The van der Waals surface area contributed by atoms with Crippen LogP contribution in [0.15, 0.2) is 18.2 Å². The van der Waals surface area contributed by atoms with Gasteiger partial charge in [-0.15, -0.1) is 0 Å². The lowest BCUT2D eigenvalue weighted by Crippen LogP contribution is -2.28. The third-order valence-electron chi connectivity index (χ3n) is 1.97. The van der Waals surface area contributed by atoms with E-state index in [1.807, 2.05) is 0 Å². The van der Waals surface area contributed by atoms with Gasteiger partial charge in [-0.25, -0.2) is 9.18 Å². The minimum atomic E-state index is -1.01. The number of anilines is 1. The van der Waals surface area contributed by atoms with Gasteiger partial charge in [-0.05, 0) is 24.6 Å². The summed E-state index contributed by atoms with van der Waals surface area (Å²) in [6, 6.07) is 3.27. The number of halogens is 2. The van der Waals surface area contributed by atoms with Gasteiger partial charge in [0.25, 0.3) is 0 Å². The molecule has 0 aliphatic rings. The van der Waals surface area contributed by atoms with Crippen molar-refractivity contribution in [3.05, 3.63) is 29.0 Å². The van der Waals surface area contributed by atoms with E-state index in [1.165, 1.54) is 12.1 Å². The van der Waals surface area contributed by atoms with Gasteiger partial charge in [0, 0.05) is 5.02 Å². The summed E-state index contributed by atoms with van der Waals surface area (Å²) in [5, 5.41) is 11.6. The van der Waals surface area contributed by atoms with Crippen molar-refractivity contribution < 1.29 is 14.3 Å². The topological polar surface area (TPSA) is 49.3 Å². The zero-order valence-corrected chi connectivity index (χ0v) is 8.88. The van der Waals surface area contributed by atoms with Crippen LogP contribution in [0, 0.1) is 5.82 Å². The molecule has 0 heterocycles. The van der Waals surface area contributed by atoms with Gasteiger partial charge in [-0.1, -0.05) is 18.5 Å². The molecule has 1 atom stereocenters. The first-order valence-corrected chi connectivity index (χ1v) is 4.86. The van der Waals surface area contributed by atoms with Gasteiger partial charge in [0.1, 0.15) is 11.9 Å². The zero-order chi connectivity index (χ0) is 11.4. The first-order valence-electron chi connectivity index (χ1n) is 4.49. The number of hydrogen-bond acceptors (Lipinski definition) is 2. The second-order valence-electron chi connectivity index (χ2n) is 3.07. The van der Waals surface area contributed by atoms with Crippen LogP contribution in [-0.2, 0) is 4.79 Å². The van der Waals surface area contributed by atoms with Gasteiger partial charge in [-0.2, -0.15) is 0 Å². The number of aliphatic carboxylic acids is 1. The molecule has 0 radical (unpaired) electrons. The number of benzene rings is 1. The average Bonchev–Trinajstić information content (AvgIpc) is 2.16. The van der Waals surface area contributed by atoms with Crippen LogP contribution in [0.25, 0.3) is 0 Å². The fourth-order valence-electron chi connectivity index (χ4n) is 1.13.